The molecule has 0 saturated carbocycles. The average Bonchev–Trinajstić information content (AvgIpc) is 0.831. The van der Waals surface area contributed by atoms with E-state index in [-0.39, 0.29) is 95.4 Å². The summed E-state index contributed by atoms with van der Waals surface area (Å²) in [6.45, 7) is 16.5. The van der Waals surface area contributed by atoms with Gasteiger partial charge in [0, 0.05) is 160 Å². The van der Waals surface area contributed by atoms with Crippen molar-refractivity contribution in [3.05, 3.63) is 376 Å². The van der Waals surface area contributed by atoms with Crippen molar-refractivity contribution >= 4 is 28.9 Å². The van der Waals surface area contributed by atoms with Crippen molar-refractivity contribution in [1.82, 2.24) is 84.7 Å². The number of carbonyl (C=O) groups excluding carboxylic acids is 5. The second kappa shape index (κ2) is 43.1. The Morgan fingerprint density at radius 2 is 0.537 bits per heavy atom. The van der Waals surface area contributed by atoms with Gasteiger partial charge in [0.25, 0.3) is 0 Å². The van der Waals surface area contributed by atoms with Crippen molar-refractivity contribution in [2.24, 2.45) is 0 Å². The first-order valence-electron chi connectivity index (χ1n) is 37.8. The lowest BCUT2D eigenvalue weighted by atomic mass is 10.1. The van der Waals surface area contributed by atoms with Crippen molar-refractivity contribution in [2.45, 2.75) is 94.4 Å². The molecule has 123 heavy (non-hydrogen) atoms. The Balaban J connectivity index is 0.000000150. The third-order valence-electron chi connectivity index (χ3n) is 16.7. The molecular weight excluding hydrogens is 1580 g/mol. The van der Waals surface area contributed by atoms with E-state index in [2.05, 4.69) is 84.7 Å². The highest BCUT2D eigenvalue weighted by atomic mass is 19.1. The van der Waals surface area contributed by atoms with Crippen LogP contribution in [0.4, 0.5) is 17.6 Å². The molecule has 0 radical (unpaired) electrons. The number of pyridine rings is 13. The number of aryl methyl sites for hydroxylation is 9. The molecule has 0 unspecified atom stereocenters. The third-order valence-corrected chi connectivity index (χ3v) is 16.7. The van der Waals surface area contributed by atoms with E-state index in [1.807, 2.05) is 96.1 Å². The van der Waals surface area contributed by atoms with Gasteiger partial charge >= 0.3 is 0 Å². The minimum atomic E-state index is -0.531. The van der Waals surface area contributed by atoms with Gasteiger partial charge in [-0.05, 0) is 122 Å². The van der Waals surface area contributed by atoms with Gasteiger partial charge < -0.3 is 23.7 Å². The lowest BCUT2D eigenvalue weighted by Gasteiger charge is -2.08. The first kappa shape index (κ1) is 88.0. The highest BCUT2D eigenvalue weighted by Crippen LogP contribution is 2.29. The molecule has 0 fully saturated rings. The van der Waals surface area contributed by atoms with Crippen LogP contribution < -0.4 is 23.7 Å². The Kier molecular flexibility index (Phi) is 30.8. The lowest BCUT2D eigenvalue weighted by Crippen LogP contribution is -2.08. The molecule has 0 amide bonds. The van der Waals surface area contributed by atoms with Crippen LogP contribution in [0.1, 0.15) is 132 Å². The summed E-state index contributed by atoms with van der Waals surface area (Å²) < 4.78 is 80.9. The topological polar surface area (TPSA) is 351 Å². The molecule has 0 aliphatic carbocycles. The van der Waals surface area contributed by atoms with Gasteiger partial charge in [0.2, 0.25) is 0 Å². The summed E-state index contributed by atoms with van der Waals surface area (Å²) >= 11 is 0. The summed E-state index contributed by atoms with van der Waals surface area (Å²) in [6, 6.07) is 40.9. The molecule has 0 atom stereocenters. The van der Waals surface area contributed by atoms with Crippen LogP contribution in [0.3, 0.4) is 0 Å². The average molecular weight is 1660 g/mol. The minimum Gasteiger partial charge on any atom is -0.455 e. The number of ketones is 5. The van der Waals surface area contributed by atoms with Crippen LogP contribution in [-0.4, -0.2) is 114 Å². The van der Waals surface area contributed by atoms with E-state index in [1.54, 1.807) is 106 Å². The number of hydrogen-bond donors (Lipinski definition) is 0. The van der Waals surface area contributed by atoms with Gasteiger partial charge in [-0.3, -0.25) is 63.8 Å². The molecular formula is C92H77F4N17O10. The second-order valence-electron chi connectivity index (χ2n) is 27.5. The molecule has 0 aromatic carbocycles. The highest BCUT2D eigenvalue weighted by molar-refractivity contribution is 5.98. The third kappa shape index (κ3) is 28.8. The van der Waals surface area contributed by atoms with Gasteiger partial charge in [-0.2, -0.15) is 0 Å². The van der Waals surface area contributed by atoms with E-state index in [4.69, 9.17) is 23.7 Å². The van der Waals surface area contributed by atoms with E-state index in [0.29, 0.717) is 103 Å². The molecule has 15 heterocycles. The van der Waals surface area contributed by atoms with Crippen LogP contribution in [0.2, 0.25) is 0 Å². The van der Waals surface area contributed by atoms with E-state index in [0.717, 1.165) is 46.8 Å². The standard InChI is InChI=1S/2C19H16FN3O2.C18H13F2N3O2.2C18H16N4O2/c1-12-3-4-15(22-9-12)7-19(24)18-8-16(5-13(2)23-18)25-17-6-14(20)10-21-11-17;1-12-4-3-5-15(22-12)8-19(24)18-9-16(6-13(2)23-18)25-17-7-14(20)10-21-11-17;1-11-4-15(25-16-6-13(20)9-21-10-16)8-17(23-11)18(24)7-14-5-12(19)2-3-22-14;1-12-3-4-14(21-8-12)6-18(23)17-7-15(5-13(2)22-17)24-16-9-19-11-20-10-16;1-12-4-3-5-14(21-12)7-18(23)17-8-15(6-13(2)22-17)24-16-9-19-11-20-10-16/h3-6,8-11H,7H2,1-2H3;3-7,9-11H,8H2,1-2H3;2-6,8-10H,7H2,1H3;3-5,7-11H,6H2,1-2H3;3-6,8-11H,7H2,1-2H3. The quantitative estimate of drug-likeness (QED) is 0.0379. The zero-order valence-electron chi connectivity index (χ0n) is 67.8. The Morgan fingerprint density at radius 3 is 0.821 bits per heavy atom. The lowest BCUT2D eigenvalue weighted by molar-refractivity contribution is 0.0978. The molecule has 618 valence electrons. The van der Waals surface area contributed by atoms with Crippen molar-refractivity contribution in [1.29, 1.82) is 0 Å². The van der Waals surface area contributed by atoms with E-state index in [9.17, 15) is 41.5 Å². The van der Waals surface area contributed by atoms with Gasteiger partial charge in [0.15, 0.2) is 40.4 Å². The summed E-state index contributed by atoms with van der Waals surface area (Å²) in [5, 5.41) is 0. The van der Waals surface area contributed by atoms with Crippen LogP contribution in [0.15, 0.2) is 245 Å². The van der Waals surface area contributed by atoms with Crippen molar-refractivity contribution in [2.75, 3.05) is 0 Å². The molecule has 0 bridgehead atoms. The fourth-order valence-corrected chi connectivity index (χ4v) is 11.3. The van der Waals surface area contributed by atoms with Gasteiger partial charge in [-0.15, -0.1) is 0 Å². The molecule has 0 aliphatic heterocycles. The molecule has 0 spiro atoms. The SMILES string of the molecule is Cc1cc(Oc2cncc(F)c2)cc(C(=O)Cc2cc(F)ccn2)n1.Cc1ccc(CC(=O)c2cc(Oc3cncc(F)c3)cc(C)n2)nc1.Cc1ccc(CC(=O)c2cc(Oc3cncnc3)cc(C)n2)nc1.Cc1cccc(CC(=O)c2cc(Oc3cncc(F)c3)cc(C)n2)n1.Cc1cccc(CC(=O)c2cc(Oc3cncnc3)cc(C)n2)n1. The number of carbonyl (C=O) groups is 5. The molecule has 0 aliphatic rings. The summed E-state index contributed by atoms with van der Waals surface area (Å²) in [4.78, 5) is 132. The maximum Gasteiger partial charge on any atom is 0.187 e. The minimum absolute atomic E-state index is 0.0881. The van der Waals surface area contributed by atoms with Gasteiger partial charge in [-0.1, -0.05) is 24.3 Å². The maximum atomic E-state index is 13.2. The number of Topliss-reactive ketones (excluding diaryl/α,β-unsaturated/α-hetero) is 5. The van der Waals surface area contributed by atoms with Gasteiger partial charge in [0.05, 0.1) is 99.8 Å². The number of nitrogens with zero attached hydrogens (tertiary/aromatic N) is 17. The predicted molar refractivity (Wildman–Crippen MR) is 442 cm³/mol. The van der Waals surface area contributed by atoms with Crippen LogP contribution >= 0.6 is 0 Å². The number of hydrogen-bond acceptors (Lipinski definition) is 27. The van der Waals surface area contributed by atoms with Crippen LogP contribution in [0, 0.1) is 85.6 Å². The molecule has 0 saturated heterocycles. The van der Waals surface area contributed by atoms with Crippen LogP contribution in [0.5, 0.6) is 57.5 Å². The first-order valence-corrected chi connectivity index (χ1v) is 37.8. The van der Waals surface area contributed by atoms with E-state index in [1.165, 1.54) is 86.0 Å². The highest BCUT2D eigenvalue weighted by Gasteiger charge is 2.20. The number of halogens is 4. The second-order valence-corrected chi connectivity index (χ2v) is 27.5. The summed E-state index contributed by atoms with van der Waals surface area (Å²) in [6.07, 6.45) is 21.9. The molecule has 0 N–H and O–H groups in total. The normalized spacial score (nSPS) is 10.5. The fourth-order valence-electron chi connectivity index (χ4n) is 11.3. The largest absolute Gasteiger partial charge is 0.455 e. The van der Waals surface area contributed by atoms with E-state index < -0.39 is 23.3 Å². The van der Waals surface area contributed by atoms with Crippen molar-refractivity contribution in [3.63, 3.8) is 0 Å². The first-order chi connectivity index (χ1) is 59.2. The Bertz CT molecular complexity index is 6080. The molecule has 27 nitrogen and oxygen atoms in total. The maximum absolute atomic E-state index is 13.2. The Morgan fingerprint density at radius 1 is 0.244 bits per heavy atom. The number of ether oxygens (including phenoxy) is 5. The summed E-state index contributed by atoms with van der Waals surface area (Å²) in [5.74, 6) is 1.05. The zero-order valence-corrected chi connectivity index (χ0v) is 67.8. The Labute approximate surface area is 703 Å². The molecule has 15 aromatic heterocycles. The zero-order chi connectivity index (χ0) is 87.3. The predicted octanol–water partition coefficient (Wildman–Crippen LogP) is 17.6. The number of rotatable bonds is 25. The number of aromatic nitrogens is 17. The molecule has 15 aromatic rings. The molecule has 15 rings (SSSR count). The monoisotopic (exact) mass is 1660 g/mol. The Hall–Kier alpha value is -15.8. The van der Waals surface area contributed by atoms with Gasteiger partial charge in [-0.25, -0.2) is 62.4 Å². The van der Waals surface area contributed by atoms with Gasteiger partial charge in [0.1, 0.15) is 110 Å². The summed E-state index contributed by atoms with van der Waals surface area (Å²) in [7, 11) is 0. The smallest absolute Gasteiger partial charge is 0.187 e. The summed E-state index contributed by atoms with van der Waals surface area (Å²) in [5.41, 5.74) is 11.6. The van der Waals surface area contributed by atoms with Crippen molar-refractivity contribution in [3.8, 4) is 57.5 Å². The molecule has 31 heteroatoms. The fraction of sp³-hybridized carbons (Fsp3) is 0.152. The van der Waals surface area contributed by atoms with Crippen LogP contribution in [-0.2, 0) is 32.1 Å². The van der Waals surface area contributed by atoms with E-state index >= 15 is 0 Å². The van der Waals surface area contributed by atoms with Crippen molar-refractivity contribution < 1.29 is 65.2 Å². The van der Waals surface area contributed by atoms with Crippen LogP contribution in [0.25, 0.3) is 0 Å².